The molecule has 3 aromatic rings. The van der Waals surface area contributed by atoms with Gasteiger partial charge >= 0.3 is 0 Å². The quantitative estimate of drug-likeness (QED) is 0.312. The molecule has 1 N–H and O–H groups in total. The maximum atomic E-state index is 12.8. The SMILES string of the molecule is C=C/C(=C\N(C)c1ccc(C(=O)Nc2ccc(Oc3ccc(C)cc3)c(Cl)c2)cc1)CN1CCCC1. The summed E-state index contributed by atoms with van der Waals surface area (Å²) in [6.45, 7) is 9.19. The van der Waals surface area contributed by atoms with E-state index in [4.69, 9.17) is 16.3 Å². The first-order chi connectivity index (χ1) is 17.4. The fourth-order valence-corrected chi connectivity index (χ4v) is 4.35. The van der Waals surface area contributed by atoms with Crippen LogP contribution in [0.25, 0.3) is 0 Å². The summed E-state index contributed by atoms with van der Waals surface area (Å²) in [4.78, 5) is 17.3. The summed E-state index contributed by atoms with van der Waals surface area (Å²) >= 11 is 6.41. The monoisotopic (exact) mass is 501 g/mol. The molecule has 0 radical (unpaired) electrons. The third kappa shape index (κ3) is 6.78. The Balaban J connectivity index is 1.37. The zero-order valence-electron chi connectivity index (χ0n) is 20.8. The van der Waals surface area contributed by atoms with Gasteiger partial charge in [0.2, 0.25) is 0 Å². The van der Waals surface area contributed by atoms with Crippen LogP contribution in [-0.4, -0.2) is 37.5 Å². The Hall–Kier alpha value is -3.54. The molecule has 0 aliphatic carbocycles. The van der Waals surface area contributed by atoms with Crippen molar-refractivity contribution in [2.45, 2.75) is 19.8 Å². The molecule has 3 aromatic carbocycles. The van der Waals surface area contributed by atoms with Crippen LogP contribution in [0.2, 0.25) is 5.02 Å². The van der Waals surface area contributed by atoms with Crippen LogP contribution in [-0.2, 0) is 0 Å². The van der Waals surface area contributed by atoms with Crippen molar-refractivity contribution in [1.29, 1.82) is 0 Å². The molecule has 0 aromatic heterocycles. The van der Waals surface area contributed by atoms with Gasteiger partial charge in [-0.05, 0) is 93.0 Å². The molecule has 0 unspecified atom stereocenters. The Morgan fingerprint density at radius 3 is 2.42 bits per heavy atom. The third-order valence-corrected chi connectivity index (χ3v) is 6.50. The van der Waals surface area contributed by atoms with Crippen molar-refractivity contribution in [3.63, 3.8) is 0 Å². The molecule has 4 rings (SSSR count). The van der Waals surface area contributed by atoms with Crippen LogP contribution in [0, 0.1) is 6.92 Å². The van der Waals surface area contributed by atoms with E-state index in [2.05, 4.69) is 27.9 Å². The molecule has 0 spiro atoms. The smallest absolute Gasteiger partial charge is 0.255 e. The molecule has 186 valence electrons. The molecule has 36 heavy (non-hydrogen) atoms. The number of ether oxygens (including phenoxy) is 1. The summed E-state index contributed by atoms with van der Waals surface area (Å²) < 4.78 is 5.85. The Labute approximate surface area is 218 Å². The maximum absolute atomic E-state index is 12.8. The number of nitrogens with one attached hydrogen (secondary N) is 1. The first kappa shape index (κ1) is 25.5. The summed E-state index contributed by atoms with van der Waals surface area (Å²) in [5.41, 5.74) is 4.48. The van der Waals surface area contributed by atoms with E-state index in [9.17, 15) is 4.79 Å². The molecule has 0 atom stereocenters. The number of amides is 1. The first-order valence-corrected chi connectivity index (χ1v) is 12.5. The van der Waals surface area contributed by atoms with Crippen LogP contribution in [0.4, 0.5) is 11.4 Å². The molecule has 1 heterocycles. The normalized spacial score (nSPS) is 13.9. The summed E-state index contributed by atoms with van der Waals surface area (Å²) in [6, 6.07) is 20.5. The molecule has 1 aliphatic rings. The lowest BCUT2D eigenvalue weighted by Crippen LogP contribution is -2.22. The second-order valence-corrected chi connectivity index (χ2v) is 9.47. The number of nitrogens with zero attached hydrogens (tertiary/aromatic N) is 2. The highest BCUT2D eigenvalue weighted by atomic mass is 35.5. The van der Waals surface area contributed by atoms with Gasteiger partial charge in [0.05, 0.1) is 5.02 Å². The van der Waals surface area contributed by atoms with Crippen molar-refractivity contribution in [2.75, 3.05) is 36.9 Å². The largest absolute Gasteiger partial charge is 0.456 e. The topological polar surface area (TPSA) is 44.8 Å². The lowest BCUT2D eigenvalue weighted by molar-refractivity contribution is 0.102. The van der Waals surface area contributed by atoms with Gasteiger partial charge in [-0.2, -0.15) is 0 Å². The predicted molar refractivity (Wildman–Crippen MR) is 149 cm³/mol. The molecule has 1 fully saturated rings. The summed E-state index contributed by atoms with van der Waals surface area (Å²) in [5, 5.41) is 3.33. The lowest BCUT2D eigenvalue weighted by atomic mass is 10.1. The van der Waals surface area contributed by atoms with E-state index < -0.39 is 0 Å². The van der Waals surface area contributed by atoms with E-state index in [1.807, 2.05) is 68.6 Å². The number of halogens is 1. The maximum Gasteiger partial charge on any atom is 0.255 e. The highest BCUT2D eigenvalue weighted by Crippen LogP contribution is 2.32. The standard InChI is InChI=1S/C30H32ClN3O2/c1-4-23(21-34-17-5-6-18-34)20-33(3)26-12-9-24(10-13-26)30(35)32-25-11-16-29(28(31)19-25)36-27-14-7-22(2)8-15-27/h4,7-16,19-20H,1,5-6,17-18,21H2,2-3H3,(H,32,35)/b23-20+. The number of aryl methyl sites for hydroxylation is 1. The van der Waals surface area contributed by atoms with Gasteiger partial charge in [0.25, 0.3) is 5.91 Å². The van der Waals surface area contributed by atoms with Gasteiger partial charge in [-0.15, -0.1) is 0 Å². The summed E-state index contributed by atoms with van der Waals surface area (Å²) in [7, 11) is 2.00. The summed E-state index contributed by atoms with van der Waals surface area (Å²) in [6.07, 6.45) is 6.55. The fraction of sp³-hybridized carbons (Fsp3) is 0.233. The Morgan fingerprint density at radius 1 is 1.08 bits per heavy atom. The van der Waals surface area contributed by atoms with Crippen molar-refractivity contribution in [2.24, 2.45) is 0 Å². The van der Waals surface area contributed by atoms with Gasteiger partial charge < -0.3 is 15.0 Å². The molecule has 0 saturated carbocycles. The van der Waals surface area contributed by atoms with Crippen LogP contribution in [0.3, 0.4) is 0 Å². The van der Waals surface area contributed by atoms with Crippen LogP contribution in [0.15, 0.2) is 91.2 Å². The van der Waals surface area contributed by atoms with Crippen LogP contribution < -0.4 is 15.0 Å². The number of rotatable bonds is 9. The number of carbonyl (C=O) groups is 1. The average molecular weight is 502 g/mol. The van der Waals surface area contributed by atoms with Crippen LogP contribution >= 0.6 is 11.6 Å². The number of hydrogen-bond donors (Lipinski definition) is 1. The second kappa shape index (κ2) is 11.9. The van der Waals surface area contributed by atoms with Crippen molar-refractivity contribution >= 4 is 28.9 Å². The minimum atomic E-state index is -0.205. The van der Waals surface area contributed by atoms with Crippen molar-refractivity contribution in [3.05, 3.63) is 107 Å². The van der Waals surface area contributed by atoms with Gasteiger partial charge in [0.1, 0.15) is 11.5 Å². The minimum Gasteiger partial charge on any atom is -0.456 e. The van der Waals surface area contributed by atoms with Gasteiger partial charge in [-0.3, -0.25) is 9.69 Å². The molecule has 1 saturated heterocycles. The Bertz CT molecular complexity index is 1230. The Morgan fingerprint density at radius 2 is 1.78 bits per heavy atom. The van der Waals surface area contributed by atoms with Gasteiger partial charge in [-0.1, -0.05) is 42.0 Å². The zero-order chi connectivity index (χ0) is 25.5. The summed E-state index contributed by atoms with van der Waals surface area (Å²) in [5.74, 6) is 1.03. The van der Waals surface area contributed by atoms with E-state index in [-0.39, 0.29) is 5.91 Å². The molecule has 6 heteroatoms. The highest BCUT2D eigenvalue weighted by Gasteiger charge is 2.13. The lowest BCUT2D eigenvalue weighted by Gasteiger charge is -2.20. The molecule has 1 amide bonds. The van der Waals surface area contributed by atoms with Crippen molar-refractivity contribution in [3.8, 4) is 11.5 Å². The van der Waals surface area contributed by atoms with Gasteiger partial charge in [-0.25, -0.2) is 0 Å². The third-order valence-electron chi connectivity index (χ3n) is 6.20. The first-order valence-electron chi connectivity index (χ1n) is 12.1. The van der Waals surface area contributed by atoms with E-state index in [0.29, 0.717) is 27.8 Å². The van der Waals surface area contributed by atoms with E-state index in [1.54, 1.807) is 18.2 Å². The molecule has 1 aliphatic heterocycles. The molecule has 0 bridgehead atoms. The fourth-order valence-electron chi connectivity index (χ4n) is 4.13. The van der Waals surface area contributed by atoms with E-state index in [0.717, 1.165) is 30.9 Å². The van der Waals surface area contributed by atoms with Crippen molar-refractivity contribution < 1.29 is 9.53 Å². The number of likely N-dealkylation sites (tertiary alicyclic amines) is 1. The molecular weight excluding hydrogens is 470 g/mol. The predicted octanol–water partition coefficient (Wildman–Crippen LogP) is 7.29. The highest BCUT2D eigenvalue weighted by molar-refractivity contribution is 6.32. The van der Waals surface area contributed by atoms with Gasteiger partial charge in [0.15, 0.2) is 0 Å². The van der Waals surface area contributed by atoms with Crippen LogP contribution in [0.5, 0.6) is 11.5 Å². The Kier molecular flexibility index (Phi) is 8.47. The number of hydrogen-bond acceptors (Lipinski definition) is 4. The van der Waals surface area contributed by atoms with Crippen LogP contribution in [0.1, 0.15) is 28.8 Å². The number of carbonyl (C=O) groups excluding carboxylic acids is 1. The number of benzene rings is 3. The van der Waals surface area contributed by atoms with E-state index >= 15 is 0 Å². The zero-order valence-corrected chi connectivity index (χ0v) is 21.6. The van der Waals surface area contributed by atoms with Gasteiger partial charge in [0, 0.05) is 36.7 Å². The van der Waals surface area contributed by atoms with E-state index in [1.165, 1.54) is 18.4 Å². The van der Waals surface area contributed by atoms with Crippen molar-refractivity contribution in [1.82, 2.24) is 4.90 Å². The number of anilines is 2. The molecule has 5 nitrogen and oxygen atoms in total. The minimum absolute atomic E-state index is 0.205. The second-order valence-electron chi connectivity index (χ2n) is 9.06. The molecular formula is C30H32ClN3O2. The average Bonchev–Trinajstić information content (AvgIpc) is 3.39.